The second kappa shape index (κ2) is 12.0. The van der Waals surface area contributed by atoms with Crippen LogP contribution in [0, 0.1) is 0 Å². The Labute approximate surface area is 214 Å². The number of ether oxygens (including phenoxy) is 1. The second-order valence-electron chi connectivity index (χ2n) is 8.76. The number of nitrogen functional groups attached to an aromatic ring is 1. The zero-order valence-electron chi connectivity index (χ0n) is 21.1. The molecule has 0 aliphatic carbocycles. The third kappa shape index (κ3) is 7.59. The van der Waals surface area contributed by atoms with Crippen LogP contribution < -0.4 is 37.1 Å². The SMILES string of the molecule is COc1cc(N2CCN(C(C)=O)CC2)ccc1NC(N)N/C=C(\C(C)Nc1cccc(N)c1)C(F)(F)F. The van der Waals surface area contributed by atoms with Crippen LogP contribution in [0.1, 0.15) is 13.8 Å². The molecular weight excluding hydrogens is 487 g/mol. The zero-order valence-corrected chi connectivity index (χ0v) is 21.1. The number of nitrogens with one attached hydrogen (secondary N) is 3. The predicted molar refractivity (Wildman–Crippen MR) is 140 cm³/mol. The number of anilines is 4. The molecule has 1 saturated heterocycles. The fourth-order valence-corrected chi connectivity index (χ4v) is 4.07. The third-order valence-corrected chi connectivity index (χ3v) is 6.07. The topological polar surface area (TPSA) is 121 Å². The maximum Gasteiger partial charge on any atom is 0.416 e. The lowest BCUT2D eigenvalue weighted by molar-refractivity contribution is -0.129. The lowest BCUT2D eigenvalue weighted by Crippen LogP contribution is -2.48. The number of alkyl halides is 3. The third-order valence-electron chi connectivity index (χ3n) is 6.07. The minimum absolute atomic E-state index is 0.0518. The maximum absolute atomic E-state index is 13.8. The van der Waals surface area contributed by atoms with Gasteiger partial charge in [0, 0.05) is 62.4 Å². The largest absolute Gasteiger partial charge is 0.495 e. The van der Waals surface area contributed by atoms with E-state index in [1.54, 1.807) is 42.2 Å². The normalized spacial score (nSPS) is 16.1. The van der Waals surface area contributed by atoms with Crippen molar-refractivity contribution in [1.29, 1.82) is 0 Å². The van der Waals surface area contributed by atoms with E-state index in [0.717, 1.165) is 11.9 Å². The first-order valence-corrected chi connectivity index (χ1v) is 11.8. The summed E-state index contributed by atoms with van der Waals surface area (Å²) in [6.45, 7) is 5.59. The second-order valence-corrected chi connectivity index (χ2v) is 8.76. The molecule has 0 saturated carbocycles. The van der Waals surface area contributed by atoms with E-state index < -0.39 is 24.1 Å². The van der Waals surface area contributed by atoms with Crippen molar-refractivity contribution >= 4 is 28.7 Å². The van der Waals surface area contributed by atoms with E-state index in [1.807, 2.05) is 12.1 Å². The van der Waals surface area contributed by atoms with Gasteiger partial charge in [0.25, 0.3) is 0 Å². The monoisotopic (exact) mass is 521 g/mol. The minimum Gasteiger partial charge on any atom is -0.495 e. The summed E-state index contributed by atoms with van der Waals surface area (Å²) in [5.41, 5.74) is 13.3. The quantitative estimate of drug-likeness (QED) is 0.252. The molecule has 0 aromatic heterocycles. The number of piperazine rings is 1. The molecule has 37 heavy (non-hydrogen) atoms. The van der Waals surface area contributed by atoms with Gasteiger partial charge in [-0.15, -0.1) is 0 Å². The van der Waals surface area contributed by atoms with E-state index in [4.69, 9.17) is 16.2 Å². The minimum atomic E-state index is -4.59. The van der Waals surface area contributed by atoms with Crippen LogP contribution in [0.5, 0.6) is 5.75 Å². The van der Waals surface area contributed by atoms with Gasteiger partial charge in [-0.25, -0.2) is 0 Å². The van der Waals surface area contributed by atoms with Crippen LogP contribution in [0.3, 0.4) is 0 Å². The Morgan fingerprint density at radius 1 is 1.11 bits per heavy atom. The van der Waals surface area contributed by atoms with Gasteiger partial charge in [-0.3, -0.25) is 10.5 Å². The highest BCUT2D eigenvalue weighted by Crippen LogP contribution is 2.31. The van der Waals surface area contributed by atoms with Crippen molar-refractivity contribution in [2.45, 2.75) is 32.4 Å². The number of amides is 1. The molecule has 0 spiro atoms. The van der Waals surface area contributed by atoms with Crippen LogP contribution in [-0.4, -0.2) is 62.6 Å². The Kier molecular flexibility index (Phi) is 8.98. The average molecular weight is 522 g/mol. The van der Waals surface area contributed by atoms with E-state index in [0.29, 0.717) is 49.0 Å². The average Bonchev–Trinajstić information content (AvgIpc) is 2.83. The van der Waals surface area contributed by atoms with Crippen molar-refractivity contribution in [2.75, 3.05) is 54.6 Å². The summed E-state index contributed by atoms with van der Waals surface area (Å²) in [4.78, 5) is 15.5. The number of nitrogens with two attached hydrogens (primary N) is 2. The summed E-state index contributed by atoms with van der Waals surface area (Å²) in [6, 6.07) is 10.9. The number of benzene rings is 2. The van der Waals surface area contributed by atoms with E-state index in [2.05, 4.69) is 20.9 Å². The first-order chi connectivity index (χ1) is 17.5. The number of rotatable bonds is 9. The Hall–Kier alpha value is -3.80. The van der Waals surface area contributed by atoms with Gasteiger partial charge in [-0.05, 0) is 37.3 Å². The molecule has 9 nitrogen and oxygen atoms in total. The van der Waals surface area contributed by atoms with Crippen LogP contribution in [0.25, 0.3) is 0 Å². The summed E-state index contributed by atoms with van der Waals surface area (Å²) in [7, 11) is 1.50. The highest BCUT2D eigenvalue weighted by Gasteiger charge is 2.37. The van der Waals surface area contributed by atoms with Crippen molar-refractivity contribution in [3.63, 3.8) is 0 Å². The number of carbonyl (C=O) groups is 1. The number of methoxy groups -OCH3 is 1. The van der Waals surface area contributed by atoms with Crippen LogP contribution in [0.2, 0.25) is 0 Å². The Balaban J connectivity index is 1.66. The van der Waals surface area contributed by atoms with E-state index in [1.165, 1.54) is 14.0 Å². The smallest absolute Gasteiger partial charge is 0.416 e. The molecular formula is C25H34F3N7O2. The van der Waals surface area contributed by atoms with E-state index >= 15 is 0 Å². The van der Waals surface area contributed by atoms with E-state index in [9.17, 15) is 18.0 Å². The van der Waals surface area contributed by atoms with Crippen LogP contribution in [-0.2, 0) is 4.79 Å². The van der Waals surface area contributed by atoms with Crippen LogP contribution in [0.15, 0.2) is 54.2 Å². The molecule has 1 heterocycles. The molecule has 1 fully saturated rings. The Morgan fingerprint density at radius 2 is 1.81 bits per heavy atom. The molecule has 2 atom stereocenters. The highest BCUT2D eigenvalue weighted by atomic mass is 19.4. The van der Waals surface area contributed by atoms with Crippen molar-refractivity contribution in [1.82, 2.24) is 10.2 Å². The van der Waals surface area contributed by atoms with Crippen molar-refractivity contribution in [3.8, 4) is 5.75 Å². The highest BCUT2D eigenvalue weighted by molar-refractivity contribution is 5.73. The fraction of sp³-hybridized carbons (Fsp3) is 0.400. The first-order valence-electron chi connectivity index (χ1n) is 11.8. The summed E-state index contributed by atoms with van der Waals surface area (Å²) in [6.07, 6.45) is -4.77. The Morgan fingerprint density at radius 3 is 2.41 bits per heavy atom. The molecule has 2 aromatic carbocycles. The fourth-order valence-electron chi connectivity index (χ4n) is 4.07. The van der Waals surface area contributed by atoms with Gasteiger partial charge in [0.05, 0.1) is 24.4 Å². The van der Waals surface area contributed by atoms with Gasteiger partial charge < -0.3 is 36.2 Å². The number of carbonyl (C=O) groups excluding carboxylic acids is 1. The van der Waals surface area contributed by atoms with E-state index in [-0.39, 0.29) is 5.91 Å². The lowest BCUT2D eigenvalue weighted by Gasteiger charge is -2.36. The number of halogens is 3. The standard InChI is InChI=1S/C25H34F3N7O2/c1-16(32-19-6-4-5-18(29)13-19)21(25(26,27)28)15-31-24(30)33-22-8-7-20(14-23(22)37-3)35-11-9-34(10-12-35)17(2)36/h4-8,13-16,24,31-33H,9-12,29-30H2,1-3H3/b21-15+. The van der Waals surface area contributed by atoms with Crippen LogP contribution in [0.4, 0.5) is 35.9 Å². The molecule has 3 rings (SSSR count). The van der Waals surface area contributed by atoms with Gasteiger partial charge >= 0.3 is 6.18 Å². The number of hydrogen-bond acceptors (Lipinski definition) is 8. The molecule has 0 radical (unpaired) electrons. The number of hydrogen-bond donors (Lipinski definition) is 5. The molecule has 1 amide bonds. The Bertz CT molecular complexity index is 1100. The molecule has 0 bridgehead atoms. The van der Waals surface area contributed by atoms with Gasteiger partial charge in [-0.2, -0.15) is 13.2 Å². The molecule has 12 heteroatoms. The van der Waals surface area contributed by atoms with Gasteiger partial charge in [0.15, 0.2) is 0 Å². The molecule has 1 aliphatic heterocycles. The summed E-state index contributed by atoms with van der Waals surface area (Å²) in [5, 5.41) is 8.33. The first kappa shape index (κ1) is 27.8. The maximum atomic E-state index is 13.8. The van der Waals surface area contributed by atoms with Crippen molar-refractivity contribution in [3.05, 3.63) is 54.2 Å². The van der Waals surface area contributed by atoms with Crippen molar-refractivity contribution in [2.24, 2.45) is 5.73 Å². The van der Waals surface area contributed by atoms with Crippen molar-refractivity contribution < 1.29 is 22.7 Å². The molecule has 1 aliphatic rings. The zero-order chi connectivity index (χ0) is 27.2. The van der Waals surface area contributed by atoms with Gasteiger partial charge in [-0.1, -0.05) is 6.07 Å². The lowest BCUT2D eigenvalue weighted by atomic mass is 10.1. The molecule has 2 aromatic rings. The van der Waals surface area contributed by atoms with Gasteiger partial charge in [0.1, 0.15) is 12.0 Å². The van der Waals surface area contributed by atoms with Gasteiger partial charge in [0.2, 0.25) is 5.91 Å². The summed E-state index contributed by atoms with van der Waals surface area (Å²) in [5.74, 6) is 0.538. The molecule has 202 valence electrons. The summed E-state index contributed by atoms with van der Waals surface area (Å²) < 4.78 is 46.8. The predicted octanol–water partition coefficient (Wildman–Crippen LogP) is 3.14. The number of nitrogens with zero attached hydrogens (tertiary/aromatic N) is 2. The van der Waals surface area contributed by atoms with Crippen LogP contribution >= 0.6 is 0 Å². The molecule has 2 unspecified atom stereocenters. The summed E-state index contributed by atoms with van der Waals surface area (Å²) >= 11 is 0. The molecule has 7 N–H and O–H groups in total.